The highest BCUT2D eigenvalue weighted by Gasteiger charge is 2.05. The summed E-state index contributed by atoms with van der Waals surface area (Å²) in [6, 6.07) is 6.85. The van der Waals surface area contributed by atoms with Gasteiger partial charge < -0.3 is 0 Å². The van der Waals surface area contributed by atoms with E-state index < -0.39 is 0 Å². The molecule has 0 amide bonds. The summed E-state index contributed by atoms with van der Waals surface area (Å²) in [5.41, 5.74) is 4.18. The van der Waals surface area contributed by atoms with Crippen molar-refractivity contribution in [1.29, 1.82) is 0 Å². The lowest BCUT2D eigenvalue weighted by Gasteiger charge is -2.21. The summed E-state index contributed by atoms with van der Waals surface area (Å²) in [5, 5.41) is 1.06. The van der Waals surface area contributed by atoms with Crippen molar-refractivity contribution >= 4 is 15.9 Å². The average molecular weight is 298 g/mol. The van der Waals surface area contributed by atoms with E-state index in [1.54, 1.807) is 0 Å². The highest BCUT2D eigenvalue weighted by molar-refractivity contribution is 9.09. The van der Waals surface area contributed by atoms with Gasteiger partial charge in [0.05, 0.1) is 0 Å². The van der Waals surface area contributed by atoms with Gasteiger partial charge in [-0.3, -0.25) is 4.90 Å². The molecule has 0 saturated carbocycles. The normalized spacial score (nSPS) is 11.1. The Morgan fingerprint density at radius 3 is 2.24 bits per heavy atom. The van der Waals surface area contributed by atoms with Crippen LogP contribution in [0.15, 0.2) is 18.2 Å². The fourth-order valence-electron chi connectivity index (χ4n) is 2.19. The maximum Gasteiger partial charge on any atom is 0.0234 e. The number of benzene rings is 1. The maximum atomic E-state index is 3.54. The summed E-state index contributed by atoms with van der Waals surface area (Å²) >= 11 is 3.54. The van der Waals surface area contributed by atoms with Crippen LogP contribution in [0.4, 0.5) is 0 Å². The van der Waals surface area contributed by atoms with Crippen molar-refractivity contribution in [3.05, 3.63) is 34.9 Å². The number of nitrogens with zero attached hydrogens (tertiary/aromatic N) is 1. The van der Waals surface area contributed by atoms with Crippen molar-refractivity contribution in [1.82, 2.24) is 4.90 Å². The Labute approximate surface area is 114 Å². The number of aryl methyl sites for hydroxylation is 2. The molecule has 0 spiro atoms. The molecule has 1 aromatic rings. The van der Waals surface area contributed by atoms with Crippen LogP contribution in [0.5, 0.6) is 0 Å². The summed E-state index contributed by atoms with van der Waals surface area (Å²) in [6.45, 7) is 10.0. The zero-order valence-corrected chi connectivity index (χ0v) is 12.9. The molecule has 0 fully saturated rings. The predicted molar refractivity (Wildman–Crippen MR) is 79.9 cm³/mol. The van der Waals surface area contributed by atoms with Crippen LogP contribution in [-0.2, 0) is 6.54 Å². The molecular weight excluding hydrogens is 274 g/mol. The van der Waals surface area contributed by atoms with Gasteiger partial charge in [-0.05, 0) is 32.4 Å². The van der Waals surface area contributed by atoms with E-state index in [9.17, 15) is 0 Å². The Kier molecular flexibility index (Phi) is 6.83. The molecule has 0 heterocycles. The van der Waals surface area contributed by atoms with Crippen molar-refractivity contribution in [3.8, 4) is 0 Å². The molecule has 1 aromatic carbocycles. The number of alkyl halides is 1. The molecule has 0 aliphatic carbocycles. The summed E-state index contributed by atoms with van der Waals surface area (Å²) in [5.74, 6) is 0. The predicted octanol–water partition coefficient (Wildman–Crippen LogP) is 4.30. The van der Waals surface area contributed by atoms with Crippen LogP contribution in [0, 0.1) is 13.8 Å². The second-order valence-electron chi connectivity index (χ2n) is 4.81. The summed E-state index contributed by atoms with van der Waals surface area (Å²) in [4.78, 5) is 2.53. The van der Waals surface area contributed by atoms with Gasteiger partial charge in [-0.1, -0.05) is 58.6 Å². The summed E-state index contributed by atoms with van der Waals surface area (Å²) < 4.78 is 0. The van der Waals surface area contributed by atoms with E-state index in [4.69, 9.17) is 0 Å². The molecule has 0 N–H and O–H groups in total. The van der Waals surface area contributed by atoms with E-state index in [2.05, 4.69) is 59.8 Å². The Morgan fingerprint density at radius 1 is 1.06 bits per heavy atom. The van der Waals surface area contributed by atoms with Crippen LogP contribution in [0.1, 0.15) is 36.5 Å². The first-order valence-electron chi connectivity index (χ1n) is 6.51. The molecule has 0 aromatic heterocycles. The molecule has 17 heavy (non-hydrogen) atoms. The summed E-state index contributed by atoms with van der Waals surface area (Å²) in [6.07, 6.45) is 2.56. The van der Waals surface area contributed by atoms with Crippen molar-refractivity contribution in [3.63, 3.8) is 0 Å². The average Bonchev–Trinajstić information content (AvgIpc) is 2.24. The third kappa shape index (κ3) is 5.69. The van der Waals surface area contributed by atoms with E-state index >= 15 is 0 Å². The Bertz CT molecular complexity index is 315. The van der Waals surface area contributed by atoms with Gasteiger partial charge in [-0.25, -0.2) is 0 Å². The van der Waals surface area contributed by atoms with E-state index in [0.29, 0.717) is 0 Å². The van der Waals surface area contributed by atoms with Crippen LogP contribution in [0.2, 0.25) is 0 Å². The molecule has 0 radical (unpaired) electrons. The van der Waals surface area contributed by atoms with E-state index in [1.165, 1.54) is 36.1 Å². The lowest BCUT2D eigenvalue weighted by Crippen LogP contribution is -2.26. The van der Waals surface area contributed by atoms with Crippen molar-refractivity contribution in [2.24, 2.45) is 0 Å². The molecule has 1 nitrogen and oxygen atoms in total. The SMILES string of the molecule is CCCCN(CCBr)Cc1cc(C)cc(C)c1. The van der Waals surface area contributed by atoms with Gasteiger partial charge in [0.25, 0.3) is 0 Å². The van der Waals surface area contributed by atoms with Gasteiger partial charge in [0.1, 0.15) is 0 Å². The van der Waals surface area contributed by atoms with Gasteiger partial charge in [0.2, 0.25) is 0 Å². The number of unbranched alkanes of at least 4 members (excludes halogenated alkanes) is 1. The number of rotatable bonds is 7. The minimum Gasteiger partial charge on any atom is -0.298 e. The third-order valence-corrected chi connectivity index (χ3v) is 3.27. The van der Waals surface area contributed by atoms with Gasteiger partial charge in [-0.15, -0.1) is 0 Å². The molecule has 96 valence electrons. The monoisotopic (exact) mass is 297 g/mol. The number of halogens is 1. The molecule has 1 rings (SSSR count). The molecule has 0 atom stereocenters. The van der Waals surface area contributed by atoms with Gasteiger partial charge in [0, 0.05) is 18.4 Å². The van der Waals surface area contributed by atoms with Crippen molar-refractivity contribution in [2.45, 2.75) is 40.2 Å². The van der Waals surface area contributed by atoms with E-state index in [0.717, 1.165) is 18.4 Å². The van der Waals surface area contributed by atoms with E-state index in [1.807, 2.05) is 0 Å². The second-order valence-corrected chi connectivity index (χ2v) is 5.61. The first-order valence-corrected chi connectivity index (χ1v) is 7.63. The fraction of sp³-hybridized carbons (Fsp3) is 0.600. The lowest BCUT2D eigenvalue weighted by molar-refractivity contribution is 0.278. The largest absolute Gasteiger partial charge is 0.298 e. The fourth-order valence-corrected chi connectivity index (χ4v) is 2.69. The van der Waals surface area contributed by atoms with Crippen LogP contribution >= 0.6 is 15.9 Å². The highest BCUT2D eigenvalue weighted by atomic mass is 79.9. The topological polar surface area (TPSA) is 3.24 Å². The molecule has 0 bridgehead atoms. The third-order valence-electron chi connectivity index (χ3n) is 2.92. The van der Waals surface area contributed by atoms with Crippen molar-refractivity contribution < 1.29 is 0 Å². The van der Waals surface area contributed by atoms with E-state index in [-0.39, 0.29) is 0 Å². The van der Waals surface area contributed by atoms with Crippen molar-refractivity contribution in [2.75, 3.05) is 18.4 Å². The highest BCUT2D eigenvalue weighted by Crippen LogP contribution is 2.12. The smallest absolute Gasteiger partial charge is 0.0234 e. The van der Waals surface area contributed by atoms with Crippen LogP contribution < -0.4 is 0 Å². The second kappa shape index (κ2) is 7.88. The molecular formula is C15H24BrN. The number of hydrogen-bond donors (Lipinski definition) is 0. The minimum absolute atomic E-state index is 1.06. The van der Waals surface area contributed by atoms with Gasteiger partial charge >= 0.3 is 0 Å². The van der Waals surface area contributed by atoms with Gasteiger partial charge in [0.15, 0.2) is 0 Å². The Balaban J connectivity index is 2.63. The lowest BCUT2D eigenvalue weighted by atomic mass is 10.1. The Hall–Kier alpha value is -0.340. The first-order chi connectivity index (χ1) is 8.15. The molecule has 0 unspecified atom stereocenters. The minimum atomic E-state index is 1.06. The Morgan fingerprint density at radius 2 is 1.71 bits per heavy atom. The quantitative estimate of drug-likeness (QED) is 0.678. The number of hydrogen-bond acceptors (Lipinski definition) is 1. The zero-order valence-electron chi connectivity index (χ0n) is 11.3. The van der Waals surface area contributed by atoms with Gasteiger partial charge in [-0.2, -0.15) is 0 Å². The van der Waals surface area contributed by atoms with Crippen LogP contribution in [-0.4, -0.2) is 23.3 Å². The molecule has 0 aliphatic heterocycles. The standard InChI is InChI=1S/C15H24BrN/c1-4-5-7-17(8-6-16)12-15-10-13(2)9-14(3)11-15/h9-11H,4-8,12H2,1-3H3. The molecule has 2 heteroatoms. The maximum absolute atomic E-state index is 3.54. The van der Waals surface area contributed by atoms with Crippen LogP contribution in [0.25, 0.3) is 0 Å². The molecule has 0 aliphatic rings. The summed E-state index contributed by atoms with van der Waals surface area (Å²) in [7, 11) is 0. The molecule has 0 saturated heterocycles. The first kappa shape index (κ1) is 14.7. The van der Waals surface area contributed by atoms with Crippen LogP contribution in [0.3, 0.4) is 0 Å². The zero-order chi connectivity index (χ0) is 12.7.